The third kappa shape index (κ3) is 3.98. The van der Waals surface area contributed by atoms with Crippen molar-refractivity contribution in [3.8, 4) is 0 Å². The highest BCUT2D eigenvalue weighted by atomic mass is 16.2. The molecule has 1 saturated carbocycles. The Kier molecular flexibility index (Phi) is 4.76. The van der Waals surface area contributed by atoms with Crippen molar-refractivity contribution in [2.75, 3.05) is 29.9 Å². The van der Waals surface area contributed by atoms with Crippen LogP contribution in [-0.2, 0) is 9.59 Å². The summed E-state index contributed by atoms with van der Waals surface area (Å²) in [5.74, 6) is 0.762. The minimum absolute atomic E-state index is 0.00377. The maximum Gasteiger partial charge on any atom is 0.239 e. The van der Waals surface area contributed by atoms with Crippen molar-refractivity contribution < 1.29 is 9.59 Å². The van der Waals surface area contributed by atoms with Gasteiger partial charge in [-0.05, 0) is 31.4 Å². The minimum Gasteiger partial charge on any atom is -0.353 e. The van der Waals surface area contributed by atoms with Crippen molar-refractivity contribution in [1.82, 2.24) is 10.3 Å². The molecular weight excluding hydrogens is 294 g/mol. The molecule has 23 heavy (non-hydrogen) atoms. The molecule has 124 valence electrons. The van der Waals surface area contributed by atoms with Gasteiger partial charge in [-0.1, -0.05) is 6.42 Å². The van der Waals surface area contributed by atoms with E-state index in [-0.39, 0.29) is 23.8 Å². The molecule has 2 atom stereocenters. The maximum atomic E-state index is 12.3. The van der Waals surface area contributed by atoms with Gasteiger partial charge in [0.1, 0.15) is 5.82 Å². The number of hydrogen-bond donors (Lipinski definition) is 3. The van der Waals surface area contributed by atoms with Crippen LogP contribution in [0.3, 0.4) is 0 Å². The van der Waals surface area contributed by atoms with Crippen LogP contribution in [0.4, 0.5) is 11.5 Å². The number of nitrogens with two attached hydrogens (primary N) is 1. The second kappa shape index (κ2) is 6.95. The van der Waals surface area contributed by atoms with E-state index in [0.29, 0.717) is 18.8 Å². The van der Waals surface area contributed by atoms with Gasteiger partial charge in [-0.15, -0.1) is 0 Å². The number of hydrogen-bond acceptors (Lipinski definition) is 5. The predicted octanol–water partition coefficient (Wildman–Crippen LogP) is 0.474. The van der Waals surface area contributed by atoms with Gasteiger partial charge in [0.2, 0.25) is 11.8 Å². The fraction of sp³-hybridized carbons (Fsp3) is 0.562. The van der Waals surface area contributed by atoms with Crippen LogP contribution in [0.5, 0.6) is 0 Å². The van der Waals surface area contributed by atoms with E-state index in [2.05, 4.69) is 15.6 Å². The fourth-order valence-electron chi connectivity index (χ4n) is 3.19. The highest BCUT2D eigenvalue weighted by Gasteiger charge is 2.25. The normalized spacial score (nSPS) is 24.9. The van der Waals surface area contributed by atoms with Crippen molar-refractivity contribution in [1.29, 1.82) is 0 Å². The zero-order valence-electron chi connectivity index (χ0n) is 13.1. The number of amides is 2. The van der Waals surface area contributed by atoms with Crippen LogP contribution < -0.4 is 21.3 Å². The van der Waals surface area contributed by atoms with E-state index < -0.39 is 0 Å². The Morgan fingerprint density at radius 3 is 2.96 bits per heavy atom. The highest BCUT2D eigenvalue weighted by Crippen LogP contribution is 2.24. The first-order chi connectivity index (χ1) is 11.1. The Hall–Kier alpha value is -2.15. The van der Waals surface area contributed by atoms with Gasteiger partial charge in [-0.25, -0.2) is 4.98 Å². The highest BCUT2D eigenvalue weighted by molar-refractivity contribution is 5.92. The Balaban J connectivity index is 1.58. The average Bonchev–Trinajstić information content (AvgIpc) is 2.55. The quantitative estimate of drug-likeness (QED) is 0.752. The molecule has 7 nitrogen and oxygen atoms in total. The Morgan fingerprint density at radius 1 is 1.39 bits per heavy atom. The van der Waals surface area contributed by atoms with Gasteiger partial charge in [0.25, 0.3) is 0 Å². The Labute approximate surface area is 135 Å². The first-order valence-corrected chi connectivity index (χ1v) is 8.16. The van der Waals surface area contributed by atoms with Gasteiger partial charge >= 0.3 is 0 Å². The largest absolute Gasteiger partial charge is 0.353 e. The molecule has 7 heteroatoms. The fourth-order valence-corrected chi connectivity index (χ4v) is 3.19. The SMILES string of the molecule is NC1CCCC(C(=O)Nc2ccc(N3CCNC(=O)C3)nc2)C1. The lowest BCUT2D eigenvalue weighted by atomic mass is 9.85. The number of carbonyl (C=O) groups excluding carboxylic acids is 2. The van der Waals surface area contributed by atoms with Crippen LogP contribution in [0.1, 0.15) is 25.7 Å². The molecule has 0 spiro atoms. The van der Waals surface area contributed by atoms with Crippen LogP contribution in [0.25, 0.3) is 0 Å². The van der Waals surface area contributed by atoms with Crippen molar-refractivity contribution >= 4 is 23.3 Å². The monoisotopic (exact) mass is 317 g/mol. The molecule has 0 radical (unpaired) electrons. The summed E-state index contributed by atoms with van der Waals surface area (Å²) < 4.78 is 0. The molecule has 0 aromatic carbocycles. The van der Waals surface area contributed by atoms with Crippen LogP contribution in [0.2, 0.25) is 0 Å². The molecule has 2 heterocycles. The zero-order valence-corrected chi connectivity index (χ0v) is 13.1. The predicted molar refractivity (Wildman–Crippen MR) is 88.0 cm³/mol. The van der Waals surface area contributed by atoms with Crippen LogP contribution >= 0.6 is 0 Å². The first-order valence-electron chi connectivity index (χ1n) is 8.16. The maximum absolute atomic E-state index is 12.3. The second-order valence-corrected chi connectivity index (χ2v) is 6.29. The topological polar surface area (TPSA) is 100 Å². The van der Waals surface area contributed by atoms with E-state index in [4.69, 9.17) is 5.73 Å². The summed E-state index contributed by atoms with van der Waals surface area (Å²) in [6, 6.07) is 3.79. The molecule has 1 aromatic rings. The van der Waals surface area contributed by atoms with E-state index in [1.165, 1.54) is 0 Å². The summed E-state index contributed by atoms with van der Waals surface area (Å²) in [4.78, 5) is 30.0. The second-order valence-electron chi connectivity index (χ2n) is 6.29. The molecule has 1 aliphatic carbocycles. The number of rotatable bonds is 3. The third-order valence-electron chi connectivity index (χ3n) is 4.46. The molecular formula is C16H23N5O2. The lowest BCUT2D eigenvalue weighted by Crippen LogP contribution is -2.48. The summed E-state index contributed by atoms with van der Waals surface area (Å²) in [5.41, 5.74) is 6.62. The van der Waals surface area contributed by atoms with Gasteiger partial charge in [0.05, 0.1) is 18.4 Å². The van der Waals surface area contributed by atoms with E-state index in [1.54, 1.807) is 6.20 Å². The number of nitrogens with zero attached hydrogens (tertiary/aromatic N) is 2. The van der Waals surface area contributed by atoms with Gasteiger partial charge in [-0.2, -0.15) is 0 Å². The van der Waals surface area contributed by atoms with Crippen LogP contribution in [-0.4, -0.2) is 42.5 Å². The van der Waals surface area contributed by atoms with Crippen molar-refractivity contribution in [3.05, 3.63) is 18.3 Å². The van der Waals surface area contributed by atoms with Crippen molar-refractivity contribution in [3.63, 3.8) is 0 Å². The molecule has 4 N–H and O–H groups in total. The molecule has 2 aliphatic rings. The minimum atomic E-state index is -0.00998. The Bertz CT molecular complexity index is 574. The molecule has 2 unspecified atom stereocenters. The summed E-state index contributed by atoms with van der Waals surface area (Å²) in [7, 11) is 0. The lowest BCUT2D eigenvalue weighted by molar-refractivity contribution is -0.121. The molecule has 3 rings (SSSR count). The van der Waals surface area contributed by atoms with Crippen LogP contribution in [0, 0.1) is 5.92 Å². The summed E-state index contributed by atoms with van der Waals surface area (Å²) >= 11 is 0. The van der Waals surface area contributed by atoms with Crippen LogP contribution in [0.15, 0.2) is 18.3 Å². The molecule has 2 amide bonds. The van der Waals surface area contributed by atoms with Gasteiger partial charge in [0.15, 0.2) is 0 Å². The Morgan fingerprint density at radius 2 is 2.26 bits per heavy atom. The van der Waals surface area contributed by atoms with E-state index >= 15 is 0 Å². The molecule has 2 fully saturated rings. The lowest BCUT2D eigenvalue weighted by Gasteiger charge is -2.28. The number of aromatic nitrogens is 1. The van der Waals surface area contributed by atoms with Crippen molar-refractivity contribution in [2.24, 2.45) is 11.7 Å². The summed E-state index contributed by atoms with van der Waals surface area (Å²) in [5, 5.41) is 5.70. The standard InChI is InChI=1S/C16H23N5O2/c17-12-3-1-2-11(8-12)16(23)20-13-4-5-14(19-9-13)21-7-6-18-15(22)10-21/h4-5,9,11-12H,1-3,6-8,10,17H2,(H,18,22)(H,20,23). The summed E-state index contributed by atoms with van der Waals surface area (Å²) in [6.45, 7) is 1.68. The first kappa shape index (κ1) is 15.7. The van der Waals surface area contributed by atoms with E-state index in [1.807, 2.05) is 17.0 Å². The van der Waals surface area contributed by atoms with E-state index in [9.17, 15) is 9.59 Å². The number of piperazine rings is 1. The third-order valence-corrected chi connectivity index (χ3v) is 4.46. The van der Waals surface area contributed by atoms with Gasteiger partial charge in [0, 0.05) is 25.0 Å². The molecule has 1 aromatic heterocycles. The van der Waals surface area contributed by atoms with Gasteiger partial charge < -0.3 is 21.3 Å². The van der Waals surface area contributed by atoms with Crippen molar-refractivity contribution in [2.45, 2.75) is 31.7 Å². The number of carbonyl (C=O) groups is 2. The molecule has 1 saturated heterocycles. The summed E-state index contributed by atoms with van der Waals surface area (Å²) in [6.07, 6.45) is 5.30. The molecule has 0 bridgehead atoms. The van der Waals surface area contributed by atoms with E-state index in [0.717, 1.165) is 38.0 Å². The number of nitrogens with one attached hydrogen (secondary N) is 2. The molecule has 1 aliphatic heterocycles. The smallest absolute Gasteiger partial charge is 0.239 e. The zero-order chi connectivity index (χ0) is 16.2. The van der Waals surface area contributed by atoms with Gasteiger partial charge in [-0.3, -0.25) is 9.59 Å². The number of pyridine rings is 1. The number of anilines is 2. The average molecular weight is 317 g/mol.